The number of primary amides is 1. The van der Waals surface area contributed by atoms with E-state index in [0.717, 1.165) is 27.7 Å². The Labute approximate surface area is 257 Å². The molecule has 38 heavy (non-hydrogen) atoms. The molecule has 0 radical (unpaired) electrons. The molecule has 0 aliphatic heterocycles. The van der Waals surface area contributed by atoms with Gasteiger partial charge in [-0.2, -0.15) is 0 Å². The minimum absolute atomic E-state index is 0.0211. The van der Waals surface area contributed by atoms with Gasteiger partial charge in [0, 0.05) is 40.4 Å². The highest BCUT2D eigenvalue weighted by Crippen LogP contribution is 2.42. The van der Waals surface area contributed by atoms with Gasteiger partial charge in [0.2, 0.25) is 12.2 Å². The van der Waals surface area contributed by atoms with E-state index in [-0.39, 0.29) is 27.6 Å². The number of hydrogen-bond acceptors (Lipinski definition) is 11. The molecule has 0 heterocycles. The van der Waals surface area contributed by atoms with Gasteiger partial charge in [0.25, 0.3) is 17.7 Å². The van der Waals surface area contributed by atoms with Crippen molar-refractivity contribution in [2.45, 2.75) is 39.9 Å². The second-order valence-electron chi connectivity index (χ2n) is 7.22. The van der Waals surface area contributed by atoms with Crippen LogP contribution in [0.3, 0.4) is 0 Å². The summed E-state index contributed by atoms with van der Waals surface area (Å²) in [5.41, 5.74) is 5.61. The Morgan fingerprint density at radius 3 is 1.68 bits per heavy atom. The molecule has 0 saturated heterocycles. The molecular formula is C21H22I3N3O11. The first-order valence-corrected chi connectivity index (χ1v) is 13.5. The monoisotopic (exact) mass is 873 g/mol. The summed E-state index contributed by atoms with van der Waals surface area (Å²) in [6, 6.07) is 0. The fourth-order valence-corrected chi connectivity index (χ4v) is 6.93. The lowest BCUT2D eigenvalue weighted by Gasteiger charge is -2.24. The number of carbonyl (C=O) groups excluding carboxylic acids is 7. The van der Waals surface area contributed by atoms with Crippen molar-refractivity contribution >= 4 is 121 Å². The Morgan fingerprint density at radius 1 is 0.737 bits per heavy atom. The third kappa shape index (κ3) is 10.1. The van der Waals surface area contributed by atoms with Crippen molar-refractivity contribution in [2.24, 2.45) is 5.73 Å². The van der Waals surface area contributed by atoms with Crippen LogP contribution in [-0.2, 0) is 52.5 Å². The van der Waals surface area contributed by atoms with Crippen LogP contribution >= 0.6 is 67.8 Å². The molecular weight excluding hydrogens is 851 g/mol. The van der Waals surface area contributed by atoms with Crippen LogP contribution in [0.2, 0.25) is 0 Å². The summed E-state index contributed by atoms with van der Waals surface area (Å²) in [6.07, 6.45) is -3.17. The smallest absolute Gasteiger partial charge is 0.303 e. The zero-order chi connectivity index (χ0) is 29.3. The van der Waals surface area contributed by atoms with E-state index >= 15 is 0 Å². The molecule has 0 aliphatic rings. The Morgan fingerprint density at radius 2 is 1.24 bits per heavy atom. The Hall–Kier alpha value is -2.30. The second kappa shape index (κ2) is 15.3. The molecule has 0 aliphatic carbocycles. The summed E-state index contributed by atoms with van der Waals surface area (Å²) < 4.78 is 20.2. The van der Waals surface area contributed by atoms with Crippen LogP contribution in [0.4, 0.5) is 11.4 Å². The summed E-state index contributed by atoms with van der Waals surface area (Å²) >= 11 is 5.37. The third-order valence-corrected chi connectivity index (χ3v) is 7.43. The maximum atomic E-state index is 13.0. The predicted octanol–water partition coefficient (Wildman–Crippen LogP) is 1.52. The SMILES string of the molecule is CC(=O)OCC(=O)Nc1c(I)c(NC(=O)C(COC(C)=O)OC(C)=O)c(I)c(C(OC(C)=O)C(N)=O)c1I. The minimum atomic E-state index is -1.62. The van der Waals surface area contributed by atoms with Crippen LogP contribution in [0, 0.1) is 10.7 Å². The molecule has 2 unspecified atom stereocenters. The van der Waals surface area contributed by atoms with Crippen LogP contribution in [0.5, 0.6) is 0 Å². The van der Waals surface area contributed by atoms with Gasteiger partial charge in [0.1, 0.15) is 6.61 Å². The van der Waals surface area contributed by atoms with Crippen LogP contribution in [0.15, 0.2) is 0 Å². The summed E-state index contributed by atoms with van der Waals surface area (Å²) in [4.78, 5) is 83.3. The van der Waals surface area contributed by atoms with Crippen LogP contribution < -0.4 is 16.4 Å². The Bertz CT molecular complexity index is 1170. The first-order chi connectivity index (χ1) is 17.6. The highest BCUT2D eigenvalue weighted by atomic mass is 127. The molecule has 0 aromatic heterocycles. The molecule has 1 aromatic carbocycles. The van der Waals surface area contributed by atoms with E-state index in [1.54, 1.807) is 67.8 Å². The topological polar surface area (TPSA) is 206 Å². The molecule has 208 valence electrons. The summed E-state index contributed by atoms with van der Waals surface area (Å²) in [5.74, 6) is -5.79. The first-order valence-electron chi connectivity index (χ1n) is 10.3. The first kappa shape index (κ1) is 33.7. The molecule has 2 atom stereocenters. The molecule has 0 fully saturated rings. The number of ether oxygens (including phenoxy) is 4. The fourth-order valence-electron chi connectivity index (χ4n) is 2.66. The number of anilines is 2. The average molecular weight is 873 g/mol. The van der Waals surface area contributed by atoms with Crippen molar-refractivity contribution in [3.63, 3.8) is 0 Å². The van der Waals surface area contributed by atoms with E-state index in [9.17, 15) is 33.6 Å². The van der Waals surface area contributed by atoms with Gasteiger partial charge >= 0.3 is 23.9 Å². The third-order valence-electron chi connectivity index (χ3n) is 4.11. The Kier molecular flexibility index (Phi) is 13.6. The van der Waals surface area contributed by atoms with Gasteiger partial charge in [-0.3, -0.25) is 33.6 Å². The minimum Gasteiger partial charge on any atom is -0.461 e. The molecule has 4 N–H and O–H groups in total. The number of benzene rings is 1. The average Bonchev–Trinajstić information content (AvgIpc) is 2.79. The van der Waals surface area contributed by atoms with Gasteiger partial charge < -0.3 is 35.3 Å². The lowest BCUT2D eigenvalue weighted by atomic mass is 10.1. The van der Waals surface area contributed by atoms with Gasteiger partial charge in [0.05, 0.1) is 14.9 Å². The highest BCUT2D eigenvalue weighted by Gasteiger charge is 2.33. The van der Waals surface area contributed by atoms with E-state index in [4.69, 9.17) is 24.7 Å². The Balaban J connectivity index is 3.71. The highest BCUT2D eigenvalue weighted by molar-refractivity contribution is 14.1. The number of nitrogens with one attached hydrogen (secondary N) is 2. The van der Waals surface area contributed by atoms with Crippen molar-refractivity contribution < 1.29 is 52.5 Å². The maximum Gasteiger partial charge on any atom is 0.303 e. The molecule has 1 aromatic rings. The lowest BCUT2D eigenvalue weighted by molar-refractivity contribution is -0.160. The van der Waals surface area contributed by atoms with Crippen molar-refractivity contribution in [3.8, 4) is 0 Å². The maximum absolute atomic E-state index is 13.0. The van der Waals surface area contributed by atoms with E-state index in [0.29, 0.717) is 0 Å². The number of hydrogen-bond donors (Lipinski definition) is 3. The van der Waals surface area contributed by atoms with Crippen molar-refractivity contribution in [3.05, 3.63) is 16.3 Å². The van der Waals surface area contributed by atoms with Crippen molar-refractivity contribution in [1.82, 2.24) is 0 Å². The largest absolute Gasteiger partial charge is 0.461 e. The zero-order valence-electron chi connectivity index (χ0n) is 20.3. The molecule has 1 rings (SSSR count). The van der Waals surface area contributed by atoms with E-state index in [2.05, 4.69) is 10.6 Å². The van der Waals surface area contributed by atoms with Crippen molar-refractivity contribution in [2.75, 3.05) is 23.8 Å². The van der Waals surface area contributed by atoms with E-state index in [1.165, 1.54) is 0 Å². The lowest BCUT2D eigenvalue weighted by Crippen LogP contribution is -2.37. The molecule has 0 bridgehead atoms. The summed E-state index contributed by atoms with van der Waals surface area (Å²) in [6.45, 7) is 3.11. The van der Waals surface area contributed by atoms with E-state index < -0.39 is 67.0 Å². The second-order valence-corrected chi connectivity index (χ2v) is 10.5. The summed E-state index contributed by atoms with van der Waals surface area (Å²) in [5, 5.41) is 5.06. The van der Waals surface area contributed by atoms with Crippen LogP contribution in [-0.4, -0.2) is 60.9 Å². The number of esters is 4. The molecule has 3 amide bonds. The van der Waals surface area contributed by atoms with Crippen molar-refractivity contribution in [1.29, 1.82) is 0 Å². The number of nitrogens with two attached hydrogens (primary N) is 1. The number of amides is 3. The fraction of sp³-hybridized carbons (Fsp3) is 0.381. The van der Waals surface area contributed by atoms with Gasteiger partial charge in [0.15, 0.2) is 6.61 Å². The standard InChI is InChI=1S/C21H22I3N3O11/c1-7(28)35-5-11(37-9(3)30)21(34)27-18-15(23)13(19(20(25)33)38-10(4)31)14(22)17(16(18)24)26-12(32)6-36-8(2)29/h11,19H,5-6H2,1-4H3,(H2,25,33)(H,26,32)(H,27,34). The predicted molar refractivity (Wildman–Crippen MR) is 154 cm³/mol. The molecule has 17 heteroatoms. The van der Waals surface area contributed by atoms with Gasteiger partial charge in [-0.1, -0.05) is 0 Å². The van der Waals surface area contributed by atoms with Gasteiger partial charge in [-0.15, -0.1) is 0 Å². The zero-order valence-corrected chi connectivity index (χ0v) is 26.7. The van der Waals surface area contributed by atoms with Crippen LogP contribution in [0.25, 0.3) is 0 Å². The molecule has 0 saturated carbocycles. The van der Waals surface area contributed by atoms with Gasteiger partial charge in [-0.05, 0) is 67.8 Å². The van der Waals surface area contributed by atoms with E-state index in [1.807, 2.05) is 0 Å². The summed E-state index contributed by atoms with van der Waals surface area (Å²) in [7, 11) is 0. The van der Waals surface area contributed by atoms with Crippen LogP contribution in [0.1, 0.15) is 39.4 Å². The number of halogens is 3. The molecule has 0 spiro atoms. The quantitative estimate of drug-likeness (QED) is 0.165. The normalized spacial score (nSPS) is 11.9. The van der Waals surface area contributed by atoms with Gasteiger partial charge in [-0.25, -0.2) is 0 Å². The number of carbonyl (C=O) groups is 7. The molecule has 14 nitrogen and oxygen atoms in total. The number of rotatable bonds is 11.